The number of carbonyl (C=O) groups is 3. The molecular weight excluding hydrogens is 222 g/mol. The second kappa shape index (κ2) is 4.37. The molecule has 1 aliphatic rings. The maximum Gasteiger partial charge on any atom is 0.303 e. The van der Waals surface area contributed by atoms with E-state index in [1.807, 2.05) is 0 Å². The Labute approximate surface area is 97.4 Å². The zero-order valence-electron chi connectivity index (χ0n) is 9.03. The Bertz CT molecular complexity index is 507. The summed E-state index contributed by atoms with van der Waals surface area (Å²) in [5, 5.41) is 10.7. The van der Waals surface area contributed by atoms with Crippen LogP contribution in [0.1, 0.15) is 39.1 Å². The number of imide groups is 1. The molecule has 5 nitrogen and oxygen atoms in total. The third kappa shape index (κ3) is 2.33. The van der Waals surface area contributed by atoms with Crippen molar-refractivity contribution in [3.8, 4) is 0 Å². The number of amides is 2. The highest BCUT2D eigenvalue weighted by atomic mass is 16.4. The Hall–Kier alpha value is -2.17. The number of carboxylic acids is 1. The SMILES string of the molecule is O=C(O)CCCc1ccc2c(c1)C(=O)NC2=O. The number of fused-ring (bicyclic) bond motifs is 1. The van der Waals surface area contributed by atoms with Gasteiger partial charge in [-0.15, -0.1) is 0 Å². The van der Waals surface area contributed by atoms with Gasteiger partial charge in [0, 0.05) is 6.42 Å². The highest BCUT2D eigenvalue weighted by molar-refractivity contribution is 6.21. The minimum Gasteiger partial charge on any atom is -0.481 e. The van der Waals surface area contributed by atoms with E-state index < -0.39 is 5.97 Å². The van der Waals surface area contributed by atoms with Gasteiger partial charge < -0.3 is 5.11 Å². The summed E-state index contributed by atoms with van der Waals surface area (Å²) in [4.78, 5) is 33.0. The number of hydrogen-bond acceptors (Lipinski definition) is 3. The van der Waals surface area contributed by atoms with Crippen LogP contribution in [0.4, 0.5) is 0 Å². The van der Waals surface area contributed by atoms with Gasteiger partial charge in [0.15, 0.2) is 0 Å². The molecule has 0 unspecified atom stereocenters. The van der Waals surface area contributed by atoms with E-state index in [-0.39, 0.29) is 18.2 Å². The Kier molecular flexibility index (Phi) is 2.91. The summed E-state index contributed by atoms with van der Waals surface area (Å²) in [6.45, 7) is 0. The van der Waals surface area contributed by atoms with Crippen LogP contribution in [0.5, 0.6) is 0 Å². The van der Waals surface area contributed by atoms with E-state index in [9.17, 15) is 14.4 Å². The lowest BCUT2D eigenvalue weighted by molar-refractivity contribution is -0.137. The maximum atomic E-state index is 11.4. The fourth-order valence-corrected chi connectivity index (χ4v) is 1.81. The lowest BCUT2D eigenvalue weighted by Gasteiger charge is -2.01. The summed E-state index contributed by atoms with van der Waals surface area (Å²) >= 11 is 0. The molecule has 0 bridgehead atoms. The number of hydrogen-bond donors (Lipinski definition) is 2. The Morgan fingerprint density at radius 2 is 1.88 bits per heavy atom. The van der Waals surface area contributed by atoms with Crippen LogP contribution in [0.25, 0.3) is 0 Å². The van der Waals surface area contributed by atoms with Crippen molar-refractivity contribution >= 4 is 17.8 Å². The lowest BCUT2D eigenvalue weighted by Crippen LogP contribution is -2.19. The molecule has 0 spiro atoms. The standard InChI is InChI=1S/C12H11NO4/c14-10(15)3-1-2-7-4-5-8-9(6-7)12(17)13-11(8)16/h4-6H,1-3H2,(H,14,15)(H,13,16,17). The summed E-state index contributed by atoms with van der Waals surface area (Å²) in [5.41, 5.74) is 1.63. The van der Waals surface area contributed by atoms with Gasteiger partial charge in [0.2, 0.25) is 0 Å². The first-order valence-corrected chi connectivity index (χ1v) is 5.28. The molecule has 2 amide bonds. The van der Waals surface area contributed by atoms with Gasteiger partial charge in [-0.05, 0) is 30.5 Å². The van der Waals surface area contributed by atoms with Crippen molar-refractivity contribution in [2.75, 3.05) is 0 Å². The topological polar surface area (TPSA) is 83.5 Å². The van der Waals surface area contributed by atoms with Crippen LogP contribution in [0.15, 0.2) is 18.2 Å². The summed E-state index contributed by atoms with van der Waals surface area (Å²) < 4.78 is 0. The number of aryl methyl sites for hydroxylation is 1. The average molecular weight is 233 g/mol. The van der Waals surface area contributed by atoms with E-state index >= 15 is 0 Å². The van der Waals surface area contributed by atoms with E-state index in [1.165, 1.54) is 0 Å². The zero-order chi connectivity index (χ0) is 12.4. The van der Waals surface area contributed by atoms with Crippen LogP contribution in [-0.2, 0) is 11.2 Å². The molecule has 0 aliphatic carbocycles. The van der Waals surface area contributed by atoms with E-state index in [1.54, 1.807) is 18.2 Å². The fraction of sp³-hybridized carbons (Fsp3) is 0.250. The number of rotatable bonds is 4. The zero-order valence-corrected chi connectivity index (χ0v) is 9.03. The van der Waals surface area contributed by atoms with Crippen molar-refractivity contribution in [3.63, 3.8) is 0 Å². The average Bonchev–Trinajstić information content (AvgIpc) is 2.54. The van der Waals surface area contributed by atoms with Gasteiger partial charge in [-0.1, -0.05) is 6.07 Å². The predicted octanol–water partition coefficient (Wildman–Crippen LogP) is 0.978. The molecule has 5 heteroatoms. The number of carbonyl (C=O) groups excluding carboxylic acids is 2. The third-order valence-corrected chi connectivity index (χ3v) is 2.66. The highest BCUT2D eigenvalue weighted by Crippen LogP contribution is 2.18. The summed E-state index contributed by atoms with van der Waals surface area (Å²) in [7, 11) is 0. The monoisotopic (exact) mass is 233 g/mol. The molecule has 0 atom stereocenters. The number of carboxylic acid groups (broad SMARTS) is 1. The molecule has 88 valence electrons. The van der Waals surface area contributed by atoms with Crippen LogP contribution >= 0.6 is 0 Å². The largest absolute Gasteiger partial charge is 0.481 e. The van der Waals surface area contributed by atoms with Crippen LogP contribution in [0.3, 0.4) is 0 Å². The van der Waals surface area contributed by atoms with E-state index in [0.717, 1.165) is 5.56 Å². The molecule has 0 fully saturated rings. The van der Waals surface area contributed by atoms with Crippen molar-refractivity contribution in [1.82, 2.24) is 5.32 Å². The molecule has 0 radical (unpaired) electrons. The number of nitrogens with one attached hydrogen (secondary N) is 1. The summed E-state index contributed by atoms with van der Waals surface area (Å²) in [5.74, 6) is -1.59. The number of benzene rings is 1. The second-order valence-electron chi connectivity index (χ2n) is 3.91. The molecule has 2 N–H and O–H groups in total. The minimum absolute atomic E-state index is 0.0994. The van der Waals surface area contributed by atoms with Crippen molar-refractivity contribution in [2.24, 2.45) is 0 Å². The molecule has 1 aliphatic heterocycles. The molecule has 0 saturated carbocycles. The smallest absolute Gasteiger partial charge is 0.303 e. The normalized spacial score (nSPS) is 13.4. The van der Waals surface area contributed by atoms with Gasteiger partial charge in [0.25, 0.3) is 11.8 Å². The summed E-state index contributed by atoms with van der Waals surface area (Å²) in [6, 6.07) is 5.00. The lowest BCUT2D eigenvalue weighted by atomic mass is 10.0. The van der Waals surface area contributed by atoms with Crippen molar-refractivity contribution in [3.05, 3.63) is 34.9 Å². The van der Waals surface area contributed by atoms with Gasteiger partial charge in [-0.25, -0.2) is 0 Å². The fourth-order valence-electron chi connectivity index (χ4n) is 1.81. The first-order valence-electron chi connectivity index (χ1n) is 5.28. The quantitative estimate of drug-likeness (QED) is 0.759. The van der Waals surface area contributed by atoms with Crippen molar-refractivity contribution in [2.45, 2.75) is 19.3 Å². The van der Waals surface area contributed by atoms with Gasteiger partial charge in [-0.3, -0.25) is 19.7 Å². The predicted molar refractivity (Wildman–Crippen MR) is 58.8 cm³/mol. The third-order valence-electron chi connectivity index (χ3n) is 2.66. The Morgan fingerprint density at radius 1 is 1.18 bits per heavy atom. The van der Waals surface area contributed by atoms with E-state index in [0.29, 0.717) is 24.0 Å². The first kappa shape index (κ1) is 11.3. The molecule has 1 heterocycles. The summed E-state index contributed by atoms with van der Waals surface area (Å²) in [6.07, 6.45) is 1.20. The van der Waals surface area contributed by atoms with Crippen LogP contribution in [-0.4, -0.2) is 22.9 Å². The molecule has 0 saturated heterocycles. The van der Waals surface area contributed by atoms with E-state index in [2.05, 4.69) is 5.32 Å². The Morgan fingerprint density at radius 3 is 2.59 bits per heavy atom. The van der Waals surface area contributed by atoms with Crippen LogP contribution in [0, 0.1) is 0 Å². The molecule has 2 rings (SSSR count). The van der Waals surface area contributed by atoms with Crippen LogP contribution in [0.2, 0.25) is 0 Å². The van der Waals surface area contributed by atoms with Gasteiger partial charge in [0.05, 0.1) is 11.1 Å². The Balaban J connectivity index is 2.12. The molecular formula is C12H11NO4. The van der Waals surface area contributed by atoms with Crippen LogP contribution < -0.4 is 5.32 Å². The molecule has 1 aromatic carbocycles. The van der Waals surface area contributed by atoms with E-state index in [4.69, 9.17) is 5.11 Å². The first-order chi connectivity index (χ1) is 8.08. The second-order valence-corrected chi connectivity index (χ2v) is 3.91. The van der Waals surface area contributed by atoms with Crippen molar-refractivity contribution < 1.29 is 19.5 Å². The highest BCUT2D eigenvalue weighted by Gasteiger charge is 2.26. The molecule has 0 aromatic heterocycles. The van der Waals surface area contributed by atoms with Gasteiger partial charge >= 0.3 is 5.97 Å². The van der Waals surface area contributed by atoms with Gasteiger partial charge in [-0.2, -0.15) is 0 Å². The maximum absolute atomic E-state index is 11.4. The molecule has 17 heavy (non-hydrogen) atoms. The van der Waals surface area contributed by atoms with Gasteiger partial charge in [0.1, 0.15) is 0 Å². The molecule has 1 aromatic rings. The number of aliphatic carboxylic acids is 1. The minimum atomic E-state index is -0.834. The van der Waals surface area contributed by atoms with Crippen molar-refractivity contribution in [1.29, 1.82) is 0 Å².